The molecule has 0 spiro atoms. The fourth-order valence-electron chi connectivity index (χ4n) is 2.07. The molecule has 3 aromatic rings. The number of aromatic nitrogens is 3. The van der Waals surface area contributed by atoms with E-state index in [0.717, 1.165) is 10.9 Å². The minimum atomic E-state index is -0.157. The average molecular weight is 345 g/mol. The summed E-state index contributed by atoms with van der Waals surface area (Å²) in [4.78, 5) is 16.4. The Bertz CT molecular complexity index is 770. The monoisotopic (exact) mass is 344 g/mol. The van der Waals surface area contributed by atoms with Crippen LogP contribution in [0.1, 0.15) is 15.9 Å². The van der Waals surface area contributed by atoms with Crippen LogP contribution in [0.4, 0.5) is 0 Å². The van der Waals surface area contributed by atoms with Crippen molar-refractivity contribution in [2.45, 2.75) is 6.42 Å². The maximum Gasteiger partial charge on any atom is 0.256 e. The molecule has 0 atom stereocenters. The first-order chi connectivity index (χ1) is 10.2. The topological polar surface area (TPSA) is 59.3 Å². The van der Waals surface area contributed by atoms with E-state index >= 15 is 0 Å². The second kappa shape index (κ2) is 6.05. The van der Waals surface area contributed by atoms with Crippen molar-refractivity contribution in [3.05, 3.63) is 64.5 Å². The Hall–Kier alpha value is -2.21. The number of hydrogen-bond acceptors (Lipinski definition) is 3. The lowest BCUT2D eigenvalue weighted by atomic mass is 10.1. The first-order valence-electron chi connectivity index (χ1n) is 6.55. The molecule has 0 aliphatic carbocycles. The van der Waals surface area contributed by atoms with Gasteiger partial charge in [-0.3, -0.25) is 4.79 Å². The van der Waals surface area contributed by atoms with E-state index in [1.54, 1.807) is 16.9 Å². The highest BCUT2D eigenvalue weighted by atomic mass is 79.9. The van der Waals surface area contributed by atoms with Gasteiger partial charge in [0.2, 0.25) is 0 Å². The summed E-state index contributed by atoms with van der Waals surface area (Å²) in [6, 6.07) is 10.0. The fraction of sp³-hybridized carbons (Fsp3) is 0.133. The molecule has 2 aromatic heterocycles. The first-order valence-corrected chi connectivity index (χ1v) is 7.34. The zero-order valence-corrected chi connectivity index (χ0v) is 12.7. The van der Waals surface area contributed by atoms with Gasteiger partial charge in [-0.1, -0.05) is 30.3 Å². The number of carbonyl (C=O) groups excluding carboxylic acids is 1. The highest BCUT2D eigenvalue weighted by molar-refractivity contribution is 9.10. The van der Waals surface area contributed by atoms with Crippen molar-refractivity contribution in [2.24, 2.45) is 0 Å². The molecule has 0 bridgehead atoms. The molecule has 1 aromatic carbocycles. The summed E-state index contributed by atoms with van der Waals surface area (Å²) >= 11 is 3.32. The Kier molecular flexibility index (Phi) is 3.96. The van der Waals surface area contributed by atoms with Gasteiger partial charge in [-0.15, -0.1) is 0 Å². The number of nitrogens with zero attached hydrogens (tertiary/aromatic N) is 3. The number of fused-ring (bicyclic) bond motifs is 1. The van der Waals surface area contributed by atoms with E-state index in [4.69, 9.17) is 0 Å². The van der Waals surface area contributed by atoms with Gasteiger partial charge in [0.1, 0.15) is 5.56 Å². The lowest BCUT2D eigenvalue weighted by Gasteiger charge is -2.04. The van der Waals surface area contributed by atoms with Gasteiger partial charge in [0.15, 0.2) is 5.65 Å². The molecular formula is C15H13BrN4O. The SMILES string of the molecule is O=C(NCCc1ccccc1)c1cnn2cc(Br)cnc12. The molecule has 1 amide bonds. The van der Waals surface area contributed by atoms with Gasteiger partial charge in [-0.2, -0.15) is 5.10 Å². The molecule has 106 valence electrons. The largest absolute Gasteiger partial charge is 0.352 e. The number of nitrogens with one attached hydrogen (secondary N) is 1. The highest BCUT2D eigenvalue weighted by Crippen LogP contribution is 2.12. The molecule has 0 radical (unpaired) electrons. The lowest BCUT2D eigenvalue weighted by molar-refractivity contribution is 0.0955. The summed E-state index contributed by atoms with van der Waals surface area (Å²) in [5, 5.41) is 7.03. The number of benzene rings is 1. The normalized spacial score (nSPS) is 10.7. The maximum absolute atomic E-state index is 12.2. The Labute approximate surface area is 130 Å². The summed E-state index contributed by atoms with van der Waals surface area (Å²) in [6.45, 7) is 0.580. The van der Waals surface area contributed by atoms with Crippen molar-refractivity contribution < 1.29 is 4.79 Å². The summed E-state index contributed by atoms with van der Waals surface area (Å²) in [6.07, 6.45) is 5.75. The predicted molar refractivity (Wildman–Crippen MR) is 83.2 cm³/mol. The quantitative estimate of drug-likeness (QED) is 0.790. The molecule has 0 aliphatic heterocycles. The van der Waals surface area contributed by atoms with E-state index in [2.05, 4.69) is 31.3 Å². The first kappa shape index (κ1) is 13.8. The van der Waals surface area contributed by atoms with Crippen LogP contribution in [-0.2, 0) is 6.42 Å². The van der Waals surface area contributed by atoms with Gasteiger partial charge in [0.25, 0.3) is 5.91 Å². The van der Waals surface area contributed by atoms with Crippen LogP contribution in [0.5, 0.6) is 0 Å². The third-order valence-electron chi connectivity index (χ3n) is 3.11. The van der Waals surface area contributed by atoms with E-state index in [9.17, 15) is 4.79 Å². The Balaban J connectivity index is 1.67. The Morgan fingerprint density at radius 3 is 2.86 bits per heavy atom. The predicted octanol–water partition coefficient (Wildman–Crippen LogP) is 2.46. The molecular weight excluding hydrogens is 332 g/mol. The van der Waals surface area contributed by atoms with Gasteiger partial charge in [-0.05, 0) is 27.9 Å². The second-order valence-electron chi connectivity index (χ2n) is 4.59. The molecule has 0 unspecified atom stereocenters. The van der Waals surface area contributed by atoms with Crippen molar-refractivity contribution in [1.82, 2.24) is 19.9 Å². The highest BCUT2D eigenvalue weighted by Gasteiger charge is 2.13. The van der Waals surface area contributed by atoms with Crippen molar-refractivity contribution in [1.29, 1.82) is 0 Å². The van der Waals surface area contributed by atoms with Gasteiger partial charge >= 0.3 is 0 Å². The van der Waals surface area contributed by atoms with Crippen molar-refractivity contribution >= 4 is 27.5 Å². The molecule has 3 rings (SSSR count). The second-order valence-corrected chi connectivity index (χ2v) is 5.51. The summed E-state index contributed by atoms with van der Waals surface area (Å²) in [7, 11) is 0. The fourth-order valence-corrected chi connectivity index (χ4v) is 2.37. The van der Waals surface area contributed by atoms with Crippen molar-refractivity contribution in [3.63, 3.8) is 0 Å². The number of hydrogen-bond donors (Lipinski definition) is 1. The van der Waals surface area contributed by atoms with E-state index in [1.807, 2.05) is 30.3 Å². The standard InChI is InChI=1S/C15H13BrN4O/c16-12-8-18-14-13(9-19-20(14)10-12)15(21)17-7-6-11-4-2-1-3-5-11/h1-5,8-10H,6-7H2,(H,17,21). The third-order valence-corrected chi connectivity index (χ3v) is 3.52. The number of amides is 1. The number of halogens is 1. The van der Waals surface area contributed by atoms with Crippen LogP contribution in [-0.4, -0.2) is 27.0 Å². The molecule has 21 heavy (non-hydrogen) atoms. The molecule has 0 aliphatic rings. The minimum absolute atomic E-state index is 0.157. The molecule has 2 heterocycles. The van der Waals surface area contributed by atoms with Crippen molar-refractivity contribution in [2.75, 3.05) is 6.54 Å². The molecule has 0 saturated carbocycles. The zero-order chi connectivity index (χ0) is 14.7. The van der Waals surface area contributed by atoms with Crippen LogP contribution in [0, 0.1) is 0 Å². The zero-order valence-electron chi connectivity index (χ0n) is 11.2. The summed E-state index contributed by atoms with van der Waals surface area (Å²) in [5.74, 6) is -0.157. The van der Waals surface area contributed by atoms with Gasteiger partial charge in [-0.25, -0.2) is 9.50 Å². The van der Waals surface area contributed by atoms with Crippen molar-refractivity contribution in [3.8, 4) is 0 Å². The molecule has 6 heteroatoms. The van der Waals surface area contributed by atoms with E-state index < -0.39 is 0 Å². The van der Waals surface area contributed by atoms with Gasteiger partial charge in [0.05, 0.1) is 10.7 Å². The molecule has 1 N–H and O–H groups in total. The smallest absolute Gasteiger partial charge is 0.256 e. The van der Waals surface area contributed by atoms with Crippen LogP contribution in [0.25, 0.3) is 5.65 Å². The summed E-state index contributed by atoms with van der Waals surface area (Å²) in [5.41, 5.74) is 2.23. The molecule has 0 fully saturated rings. The van der Waals surface area contributed by atoms with Crippen LogP contribution in [0.15, 0.2) is 53.4 Å². The van der Waals surface area contributed by atoms with Crippen LogP contribution >= 0.6 is 15.9 Å². The van der Waals surface area contributed by atoms with Gasteiger partial charge < -0.3 is 5.32 Å². The number of carbonyl (C=O) groups is 1. The van der Waals surface area contributed by atoms with E-state index in [1.165, 1.54) is 11.8 Å². The maximum atomic E-state index is 12.2. The van der Waals surface area contributed by atoms with E-state index in [0.29, 0.717) is 17.8 Å². The Morgan fingerprint density at radius 2 is 2.05 bits per heavy atom. The third kappa shape index (κ3) is 3.11. The van der Waals surface area contributed by atoms with Crippen LogP contribution in [0.2, 0.25) is 0 Å². The molecule has 0 saturated heterocycles. The Morgan fingerprint density at radius 1 is 1.24 bits per heavy atom. The average Bonchev–Trinajstić information content (AvgIpc) is 2.91. The number of rotatable bonds is 4. The van der Waals surface area contributed by atoms with E-state index in [-0.39, 0.29) is 5.91 Å². The van der Waals surface area contributed by atoms with Crippen LogP contribution < -0.4 is 5.32 Å². The molecule has 5 nitrogen and oxygen atoms in total. The summed E-state index contributed by atoms with van der Waals surface area (Å²) < 4.78 is 2.39. The van der Waals surface area contributed by atoms with Gasteiger partial charge in [0, 0.05) is 18.9 Å². The lowest BCUT2D eigenvalue weighted by Crippen LogP contribution is -2.25. The van der Waals surface area contributed by atoms with Crippen LogP contribution in [0.3, 0.4) is 0 Å². The minimum Gasteiger partial charge on any atom is -0.352 e.